The standard InChI is InChI=1S/C24H35N5O4Si/c1-6-7-10-33-24-27-20-18(13-17-8-9-19(26-14-17)23(30)31-2)15-29(21(20)22(25)28-24)16-32-11-12-34(3,4)5/h8-9,14-15H,6-7,10-13,16H2,1-5H3,(H2,25,27,28). The number of unbranched alkanes of at least 4 members (excludes halogenated alkanes) is 1. The van der Waals surface area contributed by atoms with Gasteiger partial charge in [0.2, 0.25) is 0 Å². The van der Waals surface area contributed by atoms with Crippen LogP contribution in [0.25, 0.3) is 11.0 Å². The highest BCUT2D eigenvalue weighted by molar-refractivity contribution is 6.76. The van der Waals surface area contributed by atoms with Crippen LogP contribution in [-0.4, -0.2) is 53.9 Å². The van der Waals surface area contributed by atoms with Gasteiger partial charge in [0, 0.05) is 39.1 Å². The Kier molecular flexibility index (Phi) is 8.62. The fourth-order valence-electron chi connectivity index (χ4n) is 3.39. The number of ether oxygens (including phenoxy) is 3. The summed E-state index contributed by atoms with van der Waals surface area (Å²) in [5.74, 6) is -0.108. The van der Waals surface area contributed by atoms with Crippen molar-refractivity contribution in [3.63, 3.8) is 0 Å². The monoisotopic (exact) mass is 485 g/mol. The largest absolute Gasteiger partial charge is 0.464 e. The third-order valence-corrected chi connectivity index (χ3v) is 7.07. The van der Waals surface area contributed by atoms with Crippen molar-refractivity contribution in [2.45, 2.75) is 58.6 Å². The zero-order chi connectivity index (χ0) is 24.7. The molecule has 0 aliphatic heterocycles. The number of esters is 1. The van der Waals surface area contributed by atoms with E-state index in [0.717, 1.165) is 41.0 Å². The fourth-order valence-corrected chi connectivity index (χ4v) is 4.15. The summed E-state index contributed by atoms with van der Waals surface area (Å²) >= 11 is 0. The topological polar surface area (TPSA) is 114 Å². The molecule has 3 heterocycles. The second-order valence-corrected chi connectivity index (χ2v) is 15.1. The van der Waals surface area contributed by atoms with E-state index in [-0.39, 0.29) is 11.7 Å². The van der Waals surface area contributed by atoms with Crippen LogP contribution in [-0.2, 0) is 22.6 Å². The van der Waals surface area contributed by atoms with Gasteiger partial charge in [0.25, 0.3) is 0 Å². The van der Waals surface area contributed by atoms with E-state index in [2.05, 4.69) is 41.5 Å². The zero-order valence-corrected chi connectivity index (χ0v) is 21.8. The van der Waals surface area contributed by atoms with E-state index in [1.54, 1.807) is 12.3 Å². The van der Waals surface area contributed by atoms with Crippen molar-refractivity contribution in [3.8, 4) is 6.01 Å². The highest BCUT2D eigenvalue weighted by Crippen LogP contribution is 2.28. The van der Waals surface area contributed by atoms with Crippen LogP contribution in [0.2, 0.25) is 25.7 Å². The molecule has 3 rings (SSSR count). The molecule has 0 aromatic carbocycles. The first kappa shape index (κ1) is 25.6. The number of fused-ring (bicyclic) bond motifs is 1. The summed E-state index contributed by atoms with van der Waals surface area (Å²) in [4.78, 5) is 25.0. The van der Waals surface area contributed by atoms with Gasteiger partial charge in [0.1, 0.15) is 23.5 Å². The van der Waals surface area contributed by atoms with Gasteiger partial charge in [-0.3, -0.25) is 0 Å². The third kappa shape index (κ3) is 6.77. The number of nitrogens with two attached hydrogens (primary N) is 1. The van der Waals surface area contributed by atoms with Crippen molar-refractivity contribution in [3.05, 3.63) is 41.3 Å². The molecule has 0 atom stereocenters. The van der Waals surface area contributed by atoms with Crippen molar-refractivity contribution >= 4 is 30.9 Å². The molecule has 0 aliphatic rings. The molecule has 0 aliphatic carbocycles. The Hall–Kier alpha value is -2.98. The van der Waals surface area contributed by atoms with Gasteiger partial charge in [-0.25, -0.2) is 9.78 Å². The molecule has 2 N–H and O–H groups in total. The smallest absolute Gasteiger partial charge is 0.356 e. The molecule has 0 spiro atoms. The summed E-state index contributed by atoms with van der Waals surface area (Å²) < 4.78 is 18.4. The number of rotatable bonds is 12. The van der Waals surface area contributed by atoms with Crippen LogP contribution < -0.4 is 10.5 Å². The van der Waals surface area contributed by atoms with Crippen LogP contribution in [0.1, 0.15) is 41.4 Å². The maximum Gasteiger partial charge on any atom is 0.356 e. The van der Waals surface area contributed by atoms with Crippen LogP contribution in [0.4, 0.5) is 5.82 Å². The lowest BCUT2D eigenvalue weighted by Crippen LogP contribution is -2.22. The first-order chi connectivity index (χ1) is 16.2. The maximum absolute atomic E-state index is 11.7. The Morgan fingerprint density at radius 1 is 1.18 bits per heavy atom. The van der Waals surface area contributed by atoms with Crippen LogP contribution in [0, 0.1) is 0 Å². The van der Waals surface area contributed by atoms with Gasteiger partial charge in [-0.2, -0.15) is 9.97 Å². The highest BCUT2D eigenvalue weighted by Gasteiger charge is 2.18. The number of anilines is 1. The van der Waals surface area contributed by atoms with Gasteiger partial charge in [0.15, 0.2) is 5.82 Å². The highest BCUT2D eigenvalue weighted by atomic mass is 28.3. The summed E-state index contributed by atoms with van der Waals surface area (Å²) in [6, 6.07) is 4.87. The van der Waals surface area contributed by atoms with Crippen molar-refractivity contribution < 1.29 is 19.0 Å². The minimum absolute atomic E-state index is 0.266. The predicted octanol–water partition coefficient (Wildman–Crippen LogP) is 4.28. The van der Waals surface area contributed by atoms with Gasteiger partial charge >= 0.3 is 12.0 Å². The Morgan fingerprint density at radius 2 is 1.97 bits per heavy atom. The molecule has 0 fully saturated rings. The average Bonchev–Trinajstić information content (AvgIpc) is 3.14. The summed E-state index contributed by atoms with van der Waals surface area (Å²) in [7, 11) is 0.151. The summed E-state index contributed by atoms with van der Waals surface area (Å²) in [6.07, 6.45) is 6.15. The molecule has 34 heavy (non-hydrogen) atoms. The lowest BCUT2D eigenvalue weighted by Gasteiger charge is -2.16. The molecule has 3 aromatic heterocycles. The normalized spacial score (nSPS) is 11.7. The molecule has 0 amide bonds. The molecule has 0 saturated heterocycles. The Bertz CT molecular complexity index is 1110. The number of hydrogen-bond donors (Lipinski definition) is 1. The van der Waals surface area contributed by atoms with Crippen LogP contribution in [0.3, 0.4) is 0 Å². The minimum atomic E-state index is -1.19. The van der Waals surface area contributed by atoms with Crippen molar-refractivity contribution in [2.24, 2.45) is 0 Å². The lowest BCUT2D eigenvalue weighted by atomic mass is 10.1. The van der Waals surface area contributed by atoms with E-state index in [0.29, 0.717) is 32.2 Å². The number of methoxy groups -OCH3 is 1. The molecular formula is C24H35N5O4Si. The molecule has 0 radical (unpaired) electrons. The summed E-state index contributed by atoms with van der Waals surface area (Å²) in [6.45, 7) is 10.7. The Balaban J connectivity index is 1.90. The molecule has 0 unspecified atom stereocenters. The van der Waals surface area contributed by atoms with Crippen LogP contribution >= 0.6 is 0 Å². The molecule has 184 valence electrons. The van der Waals surface area contributed by atoms with Gasteiger partial charge in [-0.05, 0) is 24.1 Å². The van der Waals surface area contributed by atoms with Crippen LogP contribution in [0.15, 0.2) is 24.5 Å². The zero-order valence-electron chi connectivity index (χ0n) is 20.8. The van der Waals surface area contributed by atoms with Gasteiger partial charge in [-0.15, -0.1) is 0 Å². The SMILES string of the molecule is CCCCOc1nc(N)c2c(n1)c(Cc1ccc(C(=O)OC)nc1)cn2COCC[Si](C)(C)C. The van der Waals surface area contributed by atoms with Crippen LogP contribution in [0.5, 0.6) is 6.01 Å². The van der Waals surface area contributed by atoms with Gasteiger partial charge < -0.3 is 24.5 Å². The van der Waals surface area contributed by atoms with E-state index in [1.165, 1.54) is 7.11 Å². The lowest BCUT2D eigenvalue weighted by molar-refractivity contribution is 0.0594. The molecule has 9 nitrogen and oxygen atoms in total. The van der Waals surface area contributed by atoms with E-state index in [9.17, 15) is 4.79 Å². The first-order valence-corrected chi connectivity index (χ1v) is 15.3. The maximum atomic E-state index is 11.7. The quantitative estimate of drug-likeness (QED) is 0.230. The number of hydrogen-bond acceptors (Lipinski definition) is 8. The summed E-state index contributed by atoms with van der Waals surface area (Å²) in [5.41, 5.74) is 9.94. The number of nitrogen functional groups attached to an aromatic ring is 1. The molecule has 10 heteroatoms. The minimum Gasteiger partial charge on any atom is -0.464 e. The first-order valence-electron chi connectivity index (χ1n) is 11.6. The number of pyridine rings is 1. The van der Waals surface area contributed by atoms with Crippen molar-refractivity contribution in [1.82, 2.24) is 19.5 Å². The number of carbonyl (C=O) groups is 1. The van der Waals surface area contributed by atoms with E-state index < -0.39 is 14.0 Å². The number of aromatic nitrogens is 4. The van der Waals surface area contributed by atoms with Crippen molar-refractivity contribution in [1.29, 1.82) is 0 Å². The van der Waals surface area contributed by atoms with E-state index >= 15 is 0 Å². The molecule has 0 bridgehead atoms. The van der Waals surface area contributed by atoms with E-state index in [4.69, 9.17) is 19.9 Å². The third-order valence-electron chi connectivity index (χ3n) is 5.36. The molecule has 3 aromatic rings. The summed E-state index contributed by atoms with van der Waals surface area (Å²) in [5, 5.41) is 0. The second-order valence-electron chi connectivity index (χ2n) is 9.48. The second kappa shape index (κ2) is 11.4. The van der Waals surface area contributed by atoms with E-state index in [1.807, 2.05) is 16.8 Å². The average molecular weight is 486 g/mol. The number of nitrogens with zero attached hydrogens (tertiary/aromatic N) is 4. The van der Waals surface area contributed by atoms with Gasteiger partial charge in [0.05, 0.1) is 13.7 Å². The van der Waals surface area contributed by atoms with Gasteiger partial charge in [-0.1, -0.05) is 39.1 Å². The molecular weight excluding hydrogens is 450 g/mol. The Morgan fingerprint density at radius 3 is 2.62 bits per heavy atom. The van der Waals surface area contributed by atoms with Crippen molar-refractivity contribution in [2.75, 3.05) is 26.1 Å². The fraction of sp³-hybridized carbons (Fsp3) is 0.500. The number of carbonyl (C=O) groups excluding carboxylic acids is 1. The molecule has 0 saturated carbocycles. The predicted molar refractivity (Wildman–Crippen MR) is 135 cm³/mol. The Labute approximate surface area is 201 Å².